The van der Waals surface area contributed by atoms with E-state index in [9.17, 15) is 0 Å². The van der Waals surface area contributed by atoms with Crippen LogP contribution in [0.2, 0.25) is 0 Å². The lowest BCUT2D eigenvalue weighted by Crippen LogP contribution is -2.14. The van der Waals surface area contributed by atoms with Crippen molar-refractivity contribution < 1.29 is 0 Å². The van der Waals surface area contributed by atoms with Gasteiger partial charge in [0.25, 0.3) is 0 Å². The fraction of sp³-hybridized carbons (Fsp3) is 0.400. The third-order valence-electron chi connectivity index (χ3n) is 3.57. The van der Waals surface area contributed by atoms with E-state index < -0.39 is 0 Å². The standard InChI is InChI=1S/C15H19N3/c1-2-6-13(7-3-1)16-10-11-18-12-17-14-8-4-5-9-15(14)18/h1-3,6-7,12,16H,4-5,8-11H2. The molecule has 3 nitrogen and oxygen atoms in total. The van der Waals surface area contributed by atoms with Gasteiger partial charge < -0.3 is 9.88 Å². The highest BCUT2D eigenvalue weighted by molar-refractivity contribution is 5.42. The van der Waals surface area contributed by atoms with E-state index in [0.717, 1.165) is 19.5 Å². The molecule has 94 valence electrons. The van der Waals surface area contributed by atoms with Crippen molar-refractivity contribution in [2.24, 2.45) is 0 Å². The molecular formula is C15H19N3. The lowest BCUT2D eigenvalue weighted by atomic mass is 10.0. The van der Waals surface area contributed by atoms with Crippen LogP contribution in [0.4, 0.5) is 5.69 Å². The van der Waals surface area contributed by atoms with E-state index in [-0.39, 0.29) is 0 Å². The summed E-state index contributed by atoms with van der Waals surface area (Å²) >= 11 is 0. The van der Waals surface area contributed by atoms with Gasteiger partial charge in [-0.3, -0.25) is 0 Å². The summed E-state index contributed by atoms with van der Waals surface area (Å²) in [6.45, 7) is 1.95. The average molecular weight is 241 g/mol. The quantitative estimate of drug-likeness (QED) is 0.892. The van der Waals surface area contributed by atoms with Gasteiger partial charge in [0.05, 0.1) is 12.0 Å². The first-order valence-electron chi connectivity index (χ1n) is 6.75. The molecule has 1 heterocycles. The maximum absolute atomic E-state index is 4.52. The molecule has 0 aliphatic heterocycles. The lowest BCUT2D eigenvalue weighted by Gasteiger charge is -2.14. The number of anilines is 1. The summed E-state index contributed by atoms with van der Waals surface area (Å²) in [6.07, 6.45) is 6.97. The molecule has 18 heavy (non-hydrogen) atoms. The first-order valence-corrected chi connectivity index (χ1v) is 6.75. The minimum Gasteiger partial charge on any atom is -0.383 e. The third-order valence-corrected chi connectivity index (χ3v) is 3.57. The van der Waals surface area contributed by atoms with Gasteiger partial charge in [-0.25, -0.2) is 4.98 Å². The van der Waals surface area contributed by atoms with Crippen molar-refractivity contribution in [3.05, 3.63) is 48.0 Å². The number of nitrogens with one attached hydrogen (secondary N) is 1. The van der Waals surface area contributed by atoms with Crippen LogP contribution in [0.15, 0.2) is 36.7 Å². The van der Waals surface area contributed by atoms with Gasteiger partial charge in [-0.1, -0.05) is 18.2 Å². The maximum Gasteiger partial charge on any atom is 0.0952 e. The number of para-hydroxylation sites is 1. The molecular weight excluding hydrogens is 222 g/mol. The molecule has 1 aromatic heterocycles. The molecule has 3 rings (SSSR count). The van der Waals surface area contributed by atoms with Crippen molar-refractivity contribution in [1.29, 1.82) is 0 Å². The second kappa shape index (κ2) is 5.25. The van der Waals surface area contributed by atoms with E-state index in [0.29, 0.717) is 0 Å². The van der Waals surface area contributed by atoms with Crippen LogP contribution in [0.3, 0.4) is 0 Å². The number of imidazole rings is 1. The monoisotopic (exact) mass is 241 g/mol. The van der Waals surface area contributed by atoms with Crippen molar-refractivity contribution in [1.82, 2.24) is 9.55 Å². The van der Waals surface area contributed by atoms with Crippen LogP contribution in [0.5, 0.6) is 0 Å². The molecule has 0 fully saturated rings. The van der Waals surface area contributed by atoms with Crippen molar-refractivity contribution in [2.75, 3.05) is 11.9 Å². The fourth-order valence-corrected chi connectivity index (χ4v) is 2.60. The summed E-state index contributed by atoms with van der Waals surface area (Å²) in [5, 5.41) is 3.44. The summed E-state index contributed by atoms with van der Waals surface area (Å²) < 4.78 is 2.31. The third kappa shape index (κ3) is 2.40. The molecule has 1 aliphatic carbocycles. The molecule has 0 radical (unpaired) electrons. The van der Waals surface area contributed by atoms with Gasteiger partial charge in [0.2, 0.25) is 0 Å². The summed E-state index contributed by atoms with van der Waals surface area (Å²) in [4.78, 5) is 4.52. The van der Waals surface area contributed by atoms with Crippen LogP contribution in [-0.2, 0) is 19.4 Å². The number of hydrogen-bond donors (Lipinski definition) is 1. The van der Waals surface area contributed by atoms with Gasteiger partial charge in [0, 0.05) is 24.5 Å². The van der Waals surface area contributed by atoms with E-state index in [2.05, 4.69) is 39.1 Å². The predicted molar refractivity (Wildman–Crippen MR) is 73.8 cm³/mol. The fourth-order valence-electron chi connectivity index (χ4n) is 2.60. The number of hydrogen-bond acceptors (Lipinski definition) is 2. The summed E-state index contributed by atoms with van der Waals surface area (Å²) in [7, 11) is 0. The minimum absolute atomic E-state index is 0.951. The van der Waals surface area contributed by atoms with Crippen LogP contribution in [0.1, 0.15) is 24.2 Å². The minimum atomic E-state index is 0.951. The van der Waals surface area contributed by atoms with Crippen molar-refractivity contribution >= 4 is 5.69 Å². The Labute approximate surface area is 108 Å². The molecule has 0 saturated carbocycles. The molecule has 0 saturated heterocycles. The number of benzene rings is 1. The zero-order chi connectivity index (χ0) is 12.2. The molecule has 3 heteroatoms. The van der Waals surface area contributed by atoms with Crippen LogP contribution < -0.4 is 5.32 Å². The first-order chi connectivity index (χ1) is 8.93. The van der Waals surface area contributed by atoms with Crippen molar-refractivity contribution in [3.63, 3.8) is 0 Å². The Bertz CT molecular complexity index is 502. The van der Waals surface area contributed by atoms with E-state index in [1.54, 1.807) is 0 Å². The van der Waals surface area contributed by atoms with Crippen LogP contribution in [0, 0.1) is 0 Å². The molecule has 1 aliphatic rings. The van der Waals surface area contributed by atoms with Crippen molar-refractivity contribution in [2.45, 2.75) is 32.2 Å². The zero-order valence-corrected chi connectivity index (χ0v) is 10.6. The molecule has 0 spiro atoms. The lowest BCUT2D eigenvalue weighted by molar-refractivity contribution is 0.613. The van der Waals surface area contributed by atoms with Gasteiger partial charge in [-0.15, -0.1) is 0 Å². The highest BCUT2D eigenvalue weighted by Gasteiger charge is 2.14. The van der Waals surface area contributed by atoms with Gasteiger partial charge in [0.1, 0.15) is 0 Å². The second-order valence-electron chi connectivity index (χ2n) is 4.83. The normalized spacial score (nSPS) is 14.2. The Morgan fingerprint density at radius 2 is 1.94 bits per heavy atom. The average Bonchev–Trinajstić information content (AvgIpc) is 2.84. The Hall–Kier alpha value is -1.77. The van der Waals surface area contributed by atoms with E-state index in [1.165, 1.54) is 36.3 Å². The van der Waals surface area contributed by atoms with Gasteiger partial charge in [-0.05, 0) is 37.8 Å². The molecule has 2 aromatic rings. The molecule has 1 N–H and O–H groups in total. The number of nitrogens with zero attached hydrogens (tertiary/aromatic N) is 2. The Morgan fingerprint density at radius 1 is 1.11 bits per heavy atom. The van der Waals surface area contributed by atoms with Gasteiger partial charge in [0.15, 0.2) is 0 Å². The largest absolute Gasteiger partial charge is 0.383 e. The van der Waals surface area contributed by atoms with Crippen LogP contribution in [-0.4, -0.2) is 16.1 Å². The second-order valence-corrected chi connectivity index (χ2v) is 4.83. The summed E-state index contributed by atoms with van der Waals surface area (Å²) in [5.74, 6) is 0. The maximum atomic E-state index is 4.52. The smallest absolute Gasteiger partial charge is 0.0952 e. The topological polar surface area (TPSA) is 29.9 Å². The van der Waals surface area contributed by atoms with Crippen LogP contribution >= 0.6 is 0 Å². The number of aromatic nitrogens is 2. The molecule has 0 atom stereocenters. The van der Waals surface area contributed by atoms with E-state index >= 15 is 0 Å². The Balaban J connectivity index is 1.59. The zero-order valence-electron chi connectivity index (χ0n) is 10.6. The summed E-state index contributed by atoms with van der Waals surface area (Å²) in [5.41, 5.74) is 3.96. The van der Waals surface area contributed by atoms with Gasteiger partial charge in [-0.2, -0.15) is 0 Å². The Kier molecular flexibility index (Phi) is 3.31. The summed E-state index contributed by atoms with van der Waals surface area (Å²) in [6, 6.07) is 10.4. The number of rotatable bonds is 4. The molecule has 1 aromatic carbocycles. The van der Waals surface area contributed by atoms with E-state index in [1.807, 2.05) is 12.4 Å². The molecule has 0 unspecified atom stereocenters. The number of fused-ring (bicyclic) bond motifs is 1. The molecule has 0 bridgehead atoms. The highest BCUT2D eigenvalue weighted by atomic mass is 15.1. The number of aryl methyl sites for hydroxylation is 1. The molecule has 0 amide bonds. The van der Waals surface area contributed by atoms with Crippen LogP contribution in [0.25, 0.3) is 0 Å². The Morgan fingerprint density at radius 3 is 2.83 bits per heavy atom. The first kappa shape index (κ1) is 11.3. The van der Waals surface area contributed by atoms with Crippen molar-refractivity contribution in [3.8, 4) is 0 Å². The predicted octanol–water partition coefficient (Wildman–Crippen LogP) is 2.87. The van der Waals surface area contributed by atoms with E-state index in [4.69, 9.17) is 0 Å². The van der Waals surface area contributed by atoms with Gasteiger partial charge >= 0.3 is 0 Å². The highest BCUT2D eigenvalue weighted by Crippen LogP contribution is 2.19. The SMILES string of the molecule is c1ccc(NCCn2cnc3c2CCCC3)cc1.